The van der Waals surface area contributed by atoms with Crippen molar-refractivity contribution in [1.29, 1.82) is 0 Å². The largest absolute Gasteiger partial charge is 0.477 e. The Kier molecular flexibility index (Phi) is 4.71. The van der Waals surface area contributed by atoms with Gasteiger partial charge in [-0.2, -0.15) is 0 Å². The van der Waals surface area contributed by atoms with Gasteiger partial charge in [-0.3, -0.25) is 10.5 Å². The highest BCUT2D eigenvalue weighted by Gasteiger charge is 2.56. The number of carboxylic acid groups (broad SMARTS) is 1. The minimum Gasteiger partial charge on any atom is -0.477 e. The van der Waals surface area contributed by atoms with Gasteiger partial charge < -0.3 is 15.1 Å². The van der Waals surface area contributed by atoms with Gasteiger partial charge >= 0.3 is 5.97 Å². The van der Waals surface area contributed by atoms with Gasteiger partial charge in [-0.15, -0.1) is 0 Å². The van der Waals surface area contributed by atoms with Crippen LogP contribution in [-0.4, -0.2) is 39.1 Å². The number of carbonyl (C=O) groups is 2. The molecule has 2 aliphatic rings. The van der Waals surface area contributed by atoms with Crippen LogP contribution in [0.1, 0.15) is 24.5 Å². The fourth-order valence-electron chi connectivity index (χ4n) is 5.01. The Labute approximate surface area is 185 Å². The number of rotatable bonds is 5. The Morgan fingerprint density at radius 2 is 2.03 bits per heavy atom. The van der Waals surface area contributed by atoms with Crippen molar-refractivity contribution in [2.75, 3.05) is 5.73 Å². The van der Waals surface area contributed by atoms with Crippen molar-refractivity contribution < 1.29 is 24.4 Å². The molecular weight excluding hydrogens is 406 g/mol. The normalized spacial score (nSPS) is 20.9. The zero-order chi connectivity index (χ0) is 22.6. The van der Waals surface area contributed by atoms with E-state index in [0.29, 0.717) is 24.4 Å². The number of aliphatic hydroxyl groups is 1. The summed E-state index contributed by atoms with van der Waals surface area (Å²) < 4.78 is 1.96. The molecule has 0 saturated carbocycles. The lowest BCUT2D eigenvalue weighted by Gasteiger charge is -2.44. The minimum absolute atomic E-state index is 0.0235. The molecule has 1 aromatic heterocycles. The van der Waals surface area contributed by atoms with E-state index in [4.69, 9.17) is 5.73 Å². The maximum absolute atomic E-state index is 12.5. The first kappa shape index (κ1) is 20.2. The number of nitrogen functional groups attached to an aromatic ring is 1. The number of amides is 1. The molecule has 162 valence electrons. The number of hydrogen-bond donors (Lipinski definition) is 3. The third kappa shape index (κ3) is 3.05. The molecule has 4 N–H and O–H groups in total. The number of aliphatic carboxylic acids is 1. The number of pyridine rings is 1. The van der Waals surface area contributed by atoms with Crippen molar-refractivity contribution in [3.63, 3.8) is 0 Å². The molecule has 3 aromatic rings. The Bertz CT molecular complexity index is 1300. The number of nitrogens with two attached hydrogens (primary N) is 1. The molecule has 1 amide bonds. The number of β-lactam (4-membered cyclic amide) rings is 1. The maximum atomic E-state index is 12.5. The molecule has 3 atom stereocenters. The molecule has 0 radical (unpaired) electrons. The van der Waals surface area contributed by atoms with Gasteiger partial charge in [0.25, 0.3) is 5.82 Å². The lowest BCUT2D eigenvalue weighted by atomic mass is 9.82. The van der Waals surface area contributed by atoms with Gasteiger partial charge in [-0.1, -0.05) is 36.4 Å². The van der Waals surface area contributed by atoms with Crippen LogP contribution in [0.25, 0.3) is 16.3 Å². The first-order valence-corrected chi connectivity index (χ1v) is 10.6. The van der Waals surface area contributed by atoms with Gasteiger partial charge in [-0.05, 0) is 47.4 Å². The van der Waals surface area contributed by atoms with Gasteiger partial charge in [0.1, 0.15) is 12.2 Å². The van der Waals surface area contributed by atoms with Crippen LogP contribution in [-0.2, 0) is 16.1 Å². The zero-order valence-electron chi connectivity index (χ0n) is 17.6. The molecule has 2 aliphatic heterocycles. The summed E-state index contributed by atoms with van der Waals surface area (Å²) in [6, 6.07) is 17.3. The molecule has 0 aliphatic carbocycles. The summed E-state index contributed by atoms with van der Waals surface area (Å²) in [5.41, 5.74) is 8.60. The van der Waals surface area contributed by atoms with Gasteiger partial charge in [-0.25, -0.2) is 9.36 Å². The summed E-state index contributed by atoms with van der Waals surface area (Å²) in [7, 11) is 0. The predicted molar refractivity (Wildman–Crippen MR) is 119 cm³/mol. The van der Waals surface area contributed by atoms with Crippen LogP contribution in [0.15, 0.2) is 66.5 Å². The second-order valence-electron chi connectivity index (χ2n) is 8.48. The Morgan fingerprint density at radius 1 is 1.22 bits per heavy atom. The summed E-state index contributed by atoms with van der Waals surface area (Å²) in [5, 5.41) is 21.9. The van der Waals surface area contributed by atoms with Crippen molar-refractivity contribution in [1.82, 2.24) is 4.90 Å². The molecule has 32 heavy (non-hydrogen) atoms. The van der Waals surface area contributed by atoms with Gasteiger partial charge in [0.05, 0.1) is 24.3 Å². The average molecular weight is 430 g/mol. The van der Waals surface area contributed by atoms with Crippen molar-refractivity contribution in [2.45, 2.75) is 32.0 Å². The zero-order valence-corrected chi connectivity index (χ0v) is 17.6. The lowest BCUT2D eigenvalue weighted by Crippen LogP contribution is -2.61. The van der Waals surface area contributed by atoms with E-state index in [1.54, 1.807) is 6.92 Å². The summed E-state index contributed by atoms with van der Waals surface area (Å²) in [6.07, 6.45) is 1.53. The second-order valence-corrected chi connectivity index (χ2v) is 8.48. The van der Waals surface area contributed by atoms with Crippen molar-refractivity contribution in [3.8, 4) is 0 Å². The maximum Gasteiger partial charge on any atom is 0.352 e. The molecule has 2 aromatic carbocycles. The number of aliphatic hydroxyl groups excluding tert-OH is 1. The molecule has 5 rings (SSSR count). The fraction of sp³-hybridized carbons (Fsp3) is 0.240. The SMILES string of the molecule is C[C@@H](O)[C@H]1C(=O)N2C(C(=O)O)=C(c3ccc4cccc(C[n+]5ccccc5N)c4c3)C[C@H]12. The van der Waals surface area contributed by atoms with Crippen LogP contribution in [0.3, 0.4) is 0 Å². The Hall–Kier alpha value is -3.71. The Balaban J connectivity index is 1.59. The number of carboxylic acids is 1. The number of nitrogens with zero attached hydrogens (tertiary/aromatic N) is 2. The number of benzene rings is 2. The summed E-state index contributed by atoms with van der Waals surface area (Å²) >= 11 is 0. The van der Waals surface area contributed by atoms with Crippen LogP contribution in [0, 0.1) is 5.92 Å². The summed E-state index contributed by atoms with van der Waals surface area (Å²) in [6.45, 7) is 2.16. The topological polar surface area (TPSA) is 108 Å². The van der Waals surface area contributed by atoms with Crippen LogP contribution >= 0.6 is 0 Å². The van der Waals surface area contributed by atoms with E-state index in [1.807, 2.05) is 65.4 Å². The number of aromatic nitrogens is 1. The smallest absolute Gasteiger partial charge is 0.352 e. The van der Waals surface area contributed by atoms with Crippen LogP contribution in [0.2, 0.25) is 0 Å². The third-order valence-electron chi connectivity index (χ3n) is 6.57. The number of anilines is 1. The molecule has 7 nitrogen and oxygen atoms in total. The monoisotopic (exact) mass is 430 g/mol. The molecule has 3 heterocycles. The van der Waals surface area contributed by atoms with E-state index >= 15 is 0 Å². The quantitative estimate of drug-likeness (QED) is 0.425. The molecule has 0 bridgehead atoms. The first-order chi connectivity index (χ1) is 15.4. The second kappa shape index (κ2) is 7.46. The average Bonchev–Trinajstić information content (AvgIpc) is 3.10. The highest BCUT2D eigenvalue weighted by Crippen LogP contribution is 2.47. The molecule has 0 unspecified atom stereocenters. The van der Waals surface area contributed by atoms with E-state index in [0.717, 1.165) is 21.9 Å². The molecule has 1 saturated heterocycles. The van der Waals surface area contributed by atoms with E-state index in [-0.39, 0.29) is 17.6 Å². The van der Waals surface area contributed by atoms with Gasteiger partial charge in [0.15, 0.2) is 0 Å². The number of fused-ring (bicyclic) bond motifs is 2. The van der Waals surface area contributed by atoms with Crippen molar-refractivity contribution in [3.05, 3.63) is 77.6 Å². The van der Waals surface area contributed by atoms with E-state index in [2.05, 4.69) is 0 Å². The van der Waals surface area contributed by atoms with Crippen LogP contribution in [0.5, 0.6) is 0 Å². The van der Waals surface area contributed by atoms with E-state index in [1.165, 1.54) is 4.90 Å². The highest BCUT2D eigenvalue weighted by molar-refractivity contribution is 6.06. The first-order valence-electron chi connectivity index (χ1n) is 10.6. The van der Waals surface area contributed by atoms with E-state index in [9.17, 15) is 19.8 Å². The summed E-state index contributed by atoms with van der Waals surface area (Å²) in [4.78, 5) is 25.9. The fourth-order valence-corrected chi connectivity index (χ4v) is 5.01. The van der Waals surface area contributed by atoms with Crippen LogP contribution in [0.4, 0.5) is 5.82 Å². The van der Waals surface area contributed by atoms with Gasteiger partial charge in [0, 0.05) is 11.6 Å². The van der Waals surface area contributed by atoms with Crippen LogP contribution < -0.4 is 10.3 Å². The highest BCUT2D eigenvalue weighted by atomic mass is 16.4. The number of carbonyl (C=O) groups excluding carboxylic acids is 1. The summed E-state index contributed by atoms with van der Waals surface area (Å²) in [5.74, 6) is -1.36. The predicted octanol–water partition coefficient (Wildman–Crippen LogP) is 2.17. The molecule has 7 heteroatoms. The van der Waals surface area contributed by atoms with Crippen molar-refractivity contribution >= 4 is 34.0 Å². The Morgan fingerprint density at radius 3 is 2.75 bits per heavy atom. The lowest BCUT2D eigenvalue weighted by molar-refractivity contribution is -0.673. The van der Waals surface area contributed by atoms with Crippen molar-refractivity contribution in [2.24, 2.45) is 5.92 Å². The minimum atomic E-state index is -1.12. The van der Waals surface area contributed by atoms with E-state index < -0.39 is 18.0 Å². The molecule has 1 fully saturated rings. The standard InChI is InChI=1S/C25H23N3O4/c1-14(29)22-20-12-19(23(25(31)32)28(20)24(22)30)16-9-8-15-5-4-6-17(18(15)11-16)13-27-10-3-2-7-21(27)26/h2-11,14,20,22,26,29H,12-13H2,1H3,(H,31,32)/p+1/t14-,20-,22-/m1/s1. The molecular formula is C25H24N3O4+. The number of hydrogen-bond acceptors (Lipinski definition) is 4. The van der Waals surface area contributed by atoms with Gasteiger partial charge in [0.2, 0.25) is 5.91 Å². The third-order valence-corrected chi connectivity index (χ3v) is 6.57. The molecule has 0 spiro atoms.